The van der Waals surface area contributed by atoms with E-state index in [-0.39, 0.29) is 0 Å². The minimum absolute atomic E-state index is 0.912. The minimum Gasteiger partial charge on any atom is -0.0590 e. The molecule has 4 rings (SSSR count). The molecular weight excluding hydrogens is 168 g/mol. The van der Waals surface area contributed by atoms with Gasteiger partial charge in [0.1, 0.15) is 0 Å². The Morgan fingerprint density at radius 1 is 1.21 bits per heavy atom. The summed E-state index contributed by atoms with van der Waals surface area (Å²) in [5, 5.41) is 0. The van der Waals surface area contributed by atoms with Crippen LogP contribution in [0.5, 0.6) is 0 Å². The Morgan fingerprint density at radius 3 is 2.93 bits per heavy atom. The Balaban J connectivity index is 2.02. The molecule has 0 aliphatic heterocycles. The maximum Gasteiger partial charge on any atom is -0.0154 e. The summed E-state index contributed by atoms with van der Waals surface area (Å²) in [6, 6.07) is 7.07. The summed E-state index contributed by atoms with van der Waals surface area (Å²) < 4.78 is 0. The summed E-state index contributed by atoms with van der Waals surface area (Å²) in [5.74, 6) is 1.98. The Morgan fingerprint density at radius 2 is 2.07 bits per heavy atom. The maximum atomic E-state index is 2.43. The van der Waals surface area contributed by atoms with Crippen LogP contribution in [0.2, 0.25) is 0 Å². The Labute approximate surface area is 86.3 Å². The molecule has 0 aromatic heterocycles. The number of hydrogen-bond acceptors (Lipinski definition) is 0. The first-order valence-corrected chi connectivity index (χ1v) is 5.92. The van der Waals surface area contributed by atoms with Gasteiger partial charge in [0.25, 0.3) is 0 Å². The highest BCUT2D eigenvalue weighted by Gasteiger charge is 2.32. The number of aryl methyl sites for hydroxylation is 2. The van der Waals surface area contributed by atoms with Crippen molar-refractivity contribution in [1.29, 1.82) is 0 Å². The second-order valence-corrected chi connectivity index (χ2v) is 5.13. The normalized spacial score (nSPS) is 29.8. The molecule has 2 bridgehead atoms. The van der Waals surface area contributed by atoms with Crippen LogP contribution >= 0.6 is 0 Å². The molecule has 1 aromatic rings. The van der Waals surface area contributed by atoms with Crippen LogP contribution in [0.15, 0.2) is 18.2 Å². The third-order valence-electron chi connectivity index (χ3n) is 4.04. The van der Waals surface area contributed by atoms with Gasteiger partial charge in [-0.2, -0.15) is 0 Å². The molecule has 3 aliphatic rings. The van der Waals surface area contributed by atoms with Crippen molar-refractivity contribution in [3.63, 3.8) is 0 Å². The topological polar surface area (TPSA) is 0 Å². The molecule has 0 N–H and O–H groups in total. The minimum atomic E-state index is 0.912. The van der Waals surface area contributed by atoms with Gasteiger partial charge in [0.2, 0.25) is 0 Å². The van der Waals surface area contributed by atoms with Crippen molar-refractivity contribution < 1.29 is 0 Å². The van der Waals surface area contributed by atoms with E-state index in [1.54, 1.807) is 11.1 Å². The van der Waals surface area contributed by atoms with E-state index >= 15 is 0 Å². The van der Waals surface area contributed by atoms with Crippen molar-refractivity contribution >= 4 is 0 Å². The fraction of sp³-hybridized carbons (Fsp3) is 0.571. The smallest absolute Gasteiger partial charge is 0.0154 e. The van der Waals surface area contributed by atoms with E-state index in [1.807, 2.05) is 0 Å². The van der Waals surface area contributed by atoms with Crippen LogP contribution in [0, 0.1) is 12.8 Å². The summed E-state index contributed by atoms with van der Waals surface area (Å²) in [7, 11) is 0. The summed E-state index contributed by atoms with van der Waals surface area (Å²) >= 11 is 0. The predicted octanol–water partition coefficient (Wildman–Crippen LogP) is 3.82. The molecule has 0 nitrogen and oxygen atoms in total. The van der Waals surface area contributed by atoms with Crippen molar-refractivity contribution in [2.24, 2.45) is 5.92 Å². The molecule has 0 amide bonds. The molecular formula is C14H18. The van der Waals surface area contributed by atoms with Crippen LogP contribution in [0.1, 0.15) is 48.3 Å². The van der Waals surface area contributed by atoms with Crippen LogP contribution in [-0.2, 0) is 6.42 Å². The molecule has 0 atom stereocenters. The fourth-order valence-electron chi connectivity index (χ4n) is 3.13. The van der Waals surface area contributed by atoms with Gasteiger partial charge in [0.15, 0.2) is 0 Å². The van der Waals surface area contributed by atoms with Gasteiger partial charge in [-0.25, -0.2) is 0 Å². The average Bonchev–Trinajstić information content (AvgIpc) is 2.05. The van der Waals surface area contributed by atoms with Gasteiger partial charge in [-0.3, -0.25) is 0 Å². The molecule has 0 radical (unpaired) electrons. The molecule has 1 fully saturated rings. The summed E-state index contributed by atoms with van der Waals surface area (Å²) in [6.07, 6.45) is 7.15. The van der Waals surface area contributed by atoms with Gasteiger partial charge in [0.05, 0.1) is 0 Å². The number of rotatable bonds is 0. The largest absolute Gasteiger partial charge is 0.0590 e. The van der Waals surface area contributed by atoms with Crippen LogP contribution in [-0.4, -0.2) is 0 Å². The van der Waals surface area contributed by atoms with E-state index in [2.05, 4.69) is 25.1 Å². The lowest BCUT2D eigenvalue weighted by molar-refractivity contribution is 0.235. The maximum absolute atomic E-state index is 2.43. The number of fused-ring (bicyclic) bond motifs is 2. The molecule has 74 valence electrons. The summed E-state index contributed by atoms with van der Waals surface area (Å²) in [5.41, 5.74) is 4.76. The third-order valence-corrected chi connectivity index (χ3v) is 4.04. The van der Waals surface area contributed by atoms with Gasteiger partial charge >= 0.3 is 0 Å². The van der Waals surface area contributed by atoms with Crippen LogP contribution < -0.4 is 0 Å². The lowest BCUT2D eigenvalue weighted by atomic mass is 9.66. The number of benzene rings is 1. The molecule has 0 unspecified atom stereocenters. The monoisotopic (exact) mass is 186 g/mol. The van der Waals surface area contributed by atoms with Crippen molar-refractivity contribution in [3.05, 3.63) is 34.9 Å². The molecule has 1 aromatic carbocycles. The van der Waals surface area contributed by atoms with E-state index in [4.69, 9.17) is 0 Å². The first kappa shape index (κ1) is 8.52. The van der Waals surface area contributed by atoms with Crippen molar-refractivity contribution in [3.8, 4) is 0 Å². The van der Waals surface area contributed by atoms with E-state index in [0.29, 0.717) is 0 Å². The highest BCUT2D eigenvalue weighted by atomic mass is 14.4. The van der Waals surface area contributed by atoms with Gasteiger partial charge < -0.3 is 0 Å². The zero-order valence-electron chi connectivity index (χ0n) is 8.92. The predicted molar refractivity (Wildman–Crippen MR) is 59.6 cm³/mol. The SMILES string of the molecule is Cc1ccc2c(c1)C1CC(CCC2)C1. The number of hydrogen-bond donors (Lipinski definition) is 0. The first-order valence-electron chi connectivity index (χ1n) is 5.92. The molecule has 0 heterocycles. The van der Waals surface area contributed by atoms with Crippen molar-refractivity contribution in [1.82, 2.24) is 0 Å². The van der Waals surface area contributed by atoms with Crippen LogP contribution in [0.4, 0.5) is 0 Å². The first-order chi connectivity index (χ1) is 6.83. The molecule has 3 aliphatic carbocycles. The molecule has 0 spiro atoms. The Kier molecular flexibility index (Phi) is 1.90. The van der Waals surface area contributed by atoms with Crippen molar-refractivity contribution in [2.45, 2.75) is 44.9 Å². The average molecular weight is 186 g/mol. The van der Waals surface area contributed by atoms with Gasteiger partial charge in [-0.1, -0.05) is 30.2 Å². The molecule has 0 saturated heterocycles. The second-order valence-electron chi connectivity index (χ2n) is 5.13. The second kappa shape index (κ2) is 3.12. The zero-order chi connectivity index (χ0) is 9.54. The Bertz CT molecular complexity index is 345. The van der Waals surface area contributed by atoms with Crippen molar-refractivity contribution in [2.75, 3.05) is 0 Å². The quantitative estimate of drug-likeness (QED) is 0.577. The standard InChI is InChI=1S/C14H18/c1-10-5-6-12-4-2-3-11-8-13(9-11)14(12)7-10/h5-7,11,13H,2-4,8-9H2,1H3. The molecule has 0 heteroatoms. The van der Waals surface area contributed by atoms with Crippen LogP contribution in [0.25, 0.3) is 0 Å². The van der Waals surface area contributed by atoms with Crippen LogP contribution in [0.3, 0.4) is 0 Å². The highest BCUT2D eigenvalue weighted by Crippen LogP contribution is 2.47. The van der Waals surface area contributed by atoms with E-state index < -0.39 is 0 Å². The van der Waals surface area contributed by atoms with Gasteiger partial charge in [0, 0.05) is 0 Å². The lowest BCUT2D eigenvalue weighted by Gasteiger charge is -2.39. The molecule has 1 saturated carbocycles. The van der Waals surface area contributed by atoms with Gasteiger partial charge in [-0.15, -0.1) is 0 Å². The van der Waals surface area contributed by atoms with E-state index in [0.717, 1.165) is 11.8 Å². The Hall–Kier alpha value is -0.780. The fourth-order valence-corrected chi connectivity index (χ4v) is 3.13. The zero-order valence-corrected chi connectivity index (χ0v) is 8.92. The van der Waals surface area contributed by atoms with E-state index in [9.17, 15) is 0 Å². The molecule has 14 heavy (non-hydrogen) atoms. The third kappa shape index (κ3) is 1.28. The summed E-state index contributed by atoms with van der Waals surface area (Å²) in [4.78, 5) is 0. The lowest BCUT2D eigenvalue weighted by Crippen LogP contribution is -2.25. The van der Waals surface area contributed by atoms with Gasteiger partial charge in [-0.05, 0) is 55.6 Å². The highest BCUT2D eigenvalue weighted by molar-refractivity contribution is 5.36. The summed E-state index contributed by atoms with van der Waals surface area (Å²) in [6.45, 7) is 2.22. The van der Waals surface area contributed by atoms with E-state index in [1.165, 1.54) is 37.7 Å².